The summed E-state index contributed by atoms with van der Waals surface area (Å²) in [6, 6.07) is 24.6. The number of amides is 1. The summed E-state index contributed by atoms with van der Waals surface area (Å²) in [4.78, 5) is 33.2. The van der Waals surface area contributed by atoms with Crippen LogP contribution in [0.1, 0.15) is 44.1 Å². The van der Waals surface area contributed by atoms with Gasteiger partial charge in [0.15, 0.2) is 5.72 Å². The second-order valence-corrected chi connectivity index (χ2v) is 11.2. The van der Waals surface area contributed by atoms with Crippen LogP contribution in [0, 0.1) is 6.92 Å². The van der Waals surface area contributed by atoms with E-state index < -0.39 is 11.7 Å². The Balaban J connectivity index is 1.42. The van der Waals surface area contributed by atoms with Crippen molar-refractivity contribution in [3.63, 3.8) is 0 Å². The number of aryl methyl sites for hydroxylation is 1. The molecule has 1 saturated heterocycles. The zero-order valence-corrected chi connectivity index (χ0v) is 23.9. The number of piperidine rings is 1. The third-order valence-electron chi connectivity index (χ3n) is 6.88. The Morgan fingerprint density at radius 3 is 2.60 bits per heavy atom. The van der Waals surface area contributed by atoms with E-state index in [9.17, 15) is 9.59 Å². The third-order valence-corrected chi connectivity index (χ3v) is 8.34. The molecular formula is C31H30ClN3O4S. The van der Waals surface area contributed by atoms with Crippen LogP contribution in [0.3, 0.4) is 0 Å². The molecule has 1 atom stereocenters. The number of anilines is 1. The van der Waals surface area contributed by atoms with E-state index in [1.165, 1.54) is 18.4 Å². The largest absolute Gasteiger partial charge is 0.465 e. The van der Waals surface area contributed by atoms with E-state index in [0.717, 1.165) is 34.8 Å². The molecule has 2 heterocycles. The Morgan fingerprint density at radius 1 is 1.07 bits per heavy atom. The Morgan fingerprint density at radius 2 is 1.85 bits per heavy atom. The average molecular weight is 576 g/mol. The summed E-state index contributed by atoms with van der Waals surface area (Å²) >= 11 is 7.40. The first-order chi connectivity index (χ1) is 19.4. The highest BCUT2D eigenvalue weighted by Crippen LogP contribution is 2.32. The van der Waals surface area contributed by atoms with E-state index in [1.807, 2.05) is 79.7 Å². The van der Waals surface area contributed by atoms with Crippen LogP contribution in [0.2, 0.25) is 5.02 Å². The van der Waals surface area contributed by atoms with Crippen LogP contribution >= 0.6 is 22.9 Å². The fraction of sp³-hybridized carbons (Fsp3) is 0.258. The van der Waals surface area contributed by atoms with Crippen molar-refractivity contribution < 1.29 is 19.1 Å². The number of benzene rings is 3. The molecule has 4 aromatic rings. The SMILES string of the molecule is COC(=O)c1cccc(N2CCCC(NC(=O)c3sc(-c4ccc(Cl)cc4)nc3C)(OCc3ccccc3)C2)c1. The zero-order valence-electron chi connectivity index (χ0n) is 22.4. The summed E-state index contributed by atoms with van der Waals surface area (Å²) in [5.74, 6) is -0.621. The number of ether oxygens (including phenoxy) is 2. The number of carbonyl (C=O) groups is 2. The summed E-state index contributed by atoms with van der Waals surface area (Å²) in [6.07, 6.45) is 1.43. The molecule has 1 N–H and O–H groups in total. The fourth-order valence-corrected chi connectivity index (χ4v) is 5.92. The van der Waals surface area contributed by atoms with Crippen molar-refractivity contribution in [1.29, 1.82) is 0 Å². The number of hydrogen-bond donors (Lipinski definition) is 1. The summed E-state index contributed by atoms with van der Waals surface area (Å²) in [5.41, 5.74) is 2.96. The van der Waals surface area contributed by atoms with Crippen molar-refractivity contribution >= 4 is 40.5 Å². The molecular weight excluding hydrogens is 546 g/mol. The van der Waals surface area contributed by atoms with E-state index in [1.54, 1.807) is 6.07 Å². The minimum Gasteiger partial charge on any atom is -0.465 e. The van der Waals surface area contributed by atoms with E-state index in [-0.39, 0.29) is 5.91 Å². The van der Waals surface area contributed by atoms with E-state index in [0.29, 0.717) is 40.7 Å². The van der Waals surface area contributed by atoms with Crippen molar-refractivity contribution in [2.24, 2.45) is 0 Å². The van der Waals surface area contributed by atoms with E-state index in [2.05, 4.69) is 15.2 Å². The molecule has 206 valence electrons. The molecule has 1 aromatic heterocycles. The van der Waals surface area contributed by atoms with Gasteiger partial charge in [-0.15, -0.1) is 11.3 Å². The standard InChI is InChI=1S/C31H30ClN3O4S/c1-21-27(40-29(33-21)23-12-14-25(32)15-13-23)28(36)34-31(39-19-22-8-4-3-5-9-22)16-7-17-35(20-31)26-11-6-10-24(18-26)30(37)38-2/h3-6,8-15,18H,7,16-17,19-20H2,1-2H3,(H,34,36). The van der Waals surface area contributed by atoms with Gasteiger partial charge in [0.1, 0.15) is 9.88 Å². The molecule has 0 bridgehead atoms. The van der Waals surface area contributed by atoms with Crippen LogP contribution < -0.4 is 10.2 Å². The molecule has 3 aromatic carbocycles. The Labute approximate surface area is 242 Å². The van der Waals surface area contributed by atoms with Crippen molar-refractivity contribution in [1.82, 2.24) is 10.3 Å². The van der Waals surface area contributed by atoms with Gasteiger partial charge in [0.25, 0.3) is 5.91 Å². The zero-order chi connectivity index (χ0) is 28.1. The molecule has 40 heavy (non-hydrogen) atoms. The van der Waals surface area contributed by atoms with Gasteiger partial charge < -0.3 is 19.7 Å². The molecule has 7 nitrogen and oxygen atoms in total. The highest BCUT2D eigenvalue weighted by Gasteiger charge is 2.39. The molecule has 0 saturated carbocycles. The van der Waals surface area contributed by atoms with E-state index in [4.69, 9.17) is 21.1 Å². The molecule has 1 aliphatic heterocycles. The number of hydrogen-bond acceptors (Lipinski definition) is 7. The maximum atomic E-state index is 13.8. The Kier molecular flexibility index (Phi) is 8.49. The maximum Gasteiger partial charge on any atom is 0.337 e. The molecule has 1 fully saturated rings. The highest BCUT2D eigenvalue weighted by molar-refractivity contribution is 7.17. The minimum atomic E-state index is -0.955. The van der Waals surface area contributed by atoms with Crippen LogP contribution in [-0.4, -0.2) is 42.8 Å². The average Bonchev–Trinajstić information content (AvgIpc) is 3.38. The third kappa shape index (κ3) is 6.36. The first kappa shape index (κ1) is 27.8. The van der Waals surface area contributed by atoms with Gasteiger partial charge >= 0.3 is 5.97 Å². The number of methoxy groups -OCH3 is 1. The lowest BCUT2D eigenvalue weighted by Gasteiger charge is -2.44. The van der Waals surface area contributed by atoms with E-state index >= 15 is 0 Å². The van der Waals surface area contributed by atoms with Crippen LogP contribution in [0.25, 0.3) is 10.6 Å². The van der Waals surface area contributed by atoms with Gasteiger partial charge in [-0.2, -0.15) is 0 Å². The van der Waals surface area contributed by atoms with Gasteiger partial charge in [-0.3, -0.25) is 4.79 Å². The van der Waals surface area contributed by atoms with Gasteiger partial charge in [-0.1, -0.05) is 60.1 Å². The number of carbonyl (C=O) groups excluding carboxylic acids is 2. The molecule has 0 aliphatic carbocycles. The monoisotopic (exact) mass is 575 g/mol. The topological polar surface area (TPSA) is 80.8 Å². The predicted molar refractivity (Wildman–Crippen MR) is 158 cm³/mol. The van der Waals surface area contributed by atoms with Gasteiger partial charge in [-0.05, 0) is 55.7 Å². The van der Waals surface area contributed by atoms with Gasteiger partial charge in [0.05, 0.1) is 31.5 Å². The summed E-state index contributed by atoms with van der Waals surface area (Å²) in [5, 5.41) is 4.63. The van der Waals surface area contributed by atoms with Crippen LogP contribution in [-0.2, 0) is 16.1 Å². The molecule has 5 rings (SSSR count). The van der Waals surface area contributed by atoms with Gasteiger partial charge in [0.2, 0.25) is 0 Å². The lowest BCUT2D eigenvalue weighted by molar-refractivity contribution is -0.0816. The van der Waals surface area contributed by atoms with Crippen molar-refractivity contribution in [3.05, 3.63) is 106 Å². The van der Waals surface area contributed by atoms with Crippen LogP contribution in [0.4, 0.5) is 5.69 Å². The summed E-state index contributed by atoms with van der Waals surface area (Å²) in [7, 11) is 1.37. The number of nitrogens with one attached hydrogen (secondary N) is 1. The van der Waals surface area contributed by atoms with Crippen molar-refractivity contribution in [2.75, 3.05) is 25.1 Å². The second kappa shape index (κ2) is 12.2. The maximum absolute atomic E-state index is 13.8. The highest BCUT2D eigenvalue weighted by atomic mass is 35.5. The number of esters is 1. The Bertz CT molecular complexity index is 1490. The van der Waals surface area contributed by atoms with Crippen molar-refractivity contribution in [3.8, 4) is 10.6 Å². The Hall–Kier alpha value is -3.72. The van der Waals surface area contributed by atoms with Gasteiger partial charge in [0, 0.05) is 22.8 Å². The number of halogens is 1. The number of thiazole rings is 1. The number of aromatic nitrogens is 1. The first-order valence-electron chi connectivity index (χ1n) is 13.0. The minimum absolute atomic E-state index is 0.228. The number of nitrogens with zero attached hydrogens (tertiary/aromatic N) is 2. The lowest BCUT2D eigenvalue weighted by Crippen LogP contribution is -2.60. The quantitative estimate of drug-likeness (QED) is 0.191. The fourth-order valence-electron chi connectivity index (χ4n) is 4.83. The number of rotatable bonds is 8. The molecule has 0 spiro atoms. The second-order valence-electron chi connectivity index (χ2n) is 9.73. The first-order valence-corrected chi connectivity index (χ1v) is 14.2. The van der Waals surface area contributed by atoms with Crippen LogP contribution in [0.5, 0.6) is 0 Å². The summed E-state index contributed by atoms with van der Waals surface area (Å²) in [6.45, 7) is 3.36. The van der Waals surface area contributed by atoms with Crippen LogP contribution in [0.15, 0.2) is 78.9 Å². The molecule has 1 aliphatic rings. The molecule has 9 heteroatoms. The normalized spacial score (nSPS) is 16.9. The van der Waals surface area contributed by atoms with Gasteiger partial charge in [-0.25, -0.2) is 9.78 Å². The van der Waals surface area contributed by atoms with Crippen molar-refractivity contribution in [2.45, 2.75) is 32.1 Å². The lowest BCUT2D eigenvalue weighted by atomic mass is 9.99. The molecule has 1 unspecified atom stereocenters. The summed E-state index contributed by atoms with van der Waals surface area (Å²) < 4.78 is 11.5. The predicted octanol–water partition coefficient (Wildman–Crippen LogP) is 6.50. The molecule has 0 radical (unpaired) electrons. The smallest absolute Gasteiger partial charge is 0.337 e. The molecule has 1 amide bonds.